The maximum Gasteiger partial charge on any atom is 0.0402 e. The Morgan fingerprint density at radius 3 is 0.833 bits per heavy atom. The van der Waals surface area contributed by atoms with Gasteiger partial charge >= 0.3 is 0 Å². The first-order valence-electron chi connectivity index (χ1n) is 3.48. The number of rotatable bonds is 0. The van der Waals surface area contributed by atoms with Gasteiger partial charge in [0.1, 0.15) is 0 Å². The summed E-state index contributed by atoms with van der Waals surface area (Å²) in [6, 6.07) is 0. The molecule has 0 heterocycles. The average molecular weight is 305 g/mol. The zero-order valence-corrected chi connectivity index (χ0v) is 11.4. The molecule has 0 aromatic rings. The van der Waals surface area contributed by atoms with Crippen LogP contribution in [0, 0.1) is 48.3 Å². The fourth-order valence-electron chi connectivity index (χ4n) is 0. The summed E-state index contributed by atoms with van der Waals surface area (Å²) in [6.07, 6.45) is 0. The van der Waals surface area contributed by atoms with Crippen molar-refractivity contribution in [1.29, 1.82) is 0 Å². The van der Waals surface area contributed by atoms with Crippen molar-refractivity contribution in [3.8, 4) is 0 Å². The number of aliphatic hydroxyl groups is 3. The van der Waals surface area contributed by atoms with E-state index in [1.807, 2.05) is 0 Å². The van der Waals surface area contributed by atoms with Crippen LogP contribution in [0.4, 0.5) is 0 Å². The molecule has 3 N–H and O–H groups in total. The van der Waals surface area contributed by atoms with Gasteiger partial charge in [-0.25, -0.2) is 0 Å². The fourth-order valence-corrected chi connectivity index (χ4v) is 0. The molecule has 0 amide bonds. The molecule has 0 unspecified atom stereocenters. The van der Waals surface area contributed by atoms with Crippen molar-refractivity contribution in [2.24, 2.45) is 0 Å². The SMILES string of the molecule is CCO.CCO.CCO.[CH-]=C.[Ce]. The van der Waals surface area contributed by atoms with Crippen LogP contribution in [0.5, 0.6) is 0 Å². The smallest absolute Gasteiger partial charge is 0.0402 e. The van der Waals surface area contributed by atoms with Gasteiger partial charge in [-0.1, -0.05) is 0 Å². The zero-order valence-electron chi connectivity index (χ0n) is 8.25. The molecule has 76 valence electrons. The minimum absolute atomic E-state index is 0. The van der Waals surface area contributed by atoms with Crippen LogP contribution in [0.2, 0.25) is 0 Å². The van der Waals surface area contributed by atoms with Crippen LogP contribution in [0.25, 0.3) is 0 Å². The molecule has 0 spiro atoms. The van der Waals surface area contributed by atoms with Gasteiger partial charge in [0, 0.05) is 61.6 Å². The molecular formula is C8H21CeO3-. The Bertz CT molecular complexity index is 25.5. The van der Waals surface area contributed by atoms with E-state index in [9.17, 15) is 0 Å². The predicted octanol–water partition coefficient (Wildman–Crippen LogP) is 0.601. The summed E-state index contributed by atoms with van der Waals surface area (Å²) in [5.41, 5.74) is 0. The summed E-state index contributed by atoms with van der Waals surface area (Å²) < 4.78 is 0. The maximum absolute atomic E-state index is 7.57. The summed E-state index contributed by atoms with van der Waals surface area (Å²) in [4.78, 5) is 0. The second-order valence-corrected chi connectivity index (χ2v) is 0.949. The van der Waals surface area contributed by atoms with Gasteiger partial charge in [-0.05, 0) is 20.8 Å². The molecule has 0 bridgehead atoms. The van der Waals surface area contributed by atoms with Crippen LogP contribution in [0.1, 0.15) is 20.8 Å². The fraction of sp³-hybridized carbons (Fsp3) is 0.750. The van der Waals surface area contributed by atoms with Gasteiger partial charge in [-0.15, -0.1) is 0 Å². The first kappa shape index (κ1) is 29.3. The van der Waals surface area contributed by atoms with E-state index in [1.54, 1.807) is 20.8 Å². The molecule has 0 radical (unpaired) electrons. The van der Waals surface area contributed by atoms with Crippen molar-refractivity contribution in [2.45, 2.75) is 20.8 Å². The molecule has 0 saturated carbocycles. The van der Waals surface area contributed by atoms with Crippen molar-refractivity contribution < 1.29 is 57.1 Å². The van der Waals surface area contributed by atoms with Crippen LogP contribution >= 0.6 is 0 Å². The van der Waals surface area contributed by atoms with Gasteiger partial charge in [0.25, 0.3) is 0 Å². The van der Waals surface area contributed by atoms with Crippen molar-refractivity contribution in [3.05, 3.63) is 13.2 Å². The van der Waals surface area contributed by atoms with E-state index >= 15 is 0 Å². The van der Waals surface area contributed by atoms with Crippen molar-refractivity contribution in [1.82, 2.24) is 0 Å². The Labute approximate surface area is 110 Å². The molecule has 0 aliphatic carbocycles. The molecule has 0 rings (SSSR count). The summed E-state index contributed by atoms with van der Waals surface area (Å²) in [5, 5.41) is 22.7. The first-order chi connectivity index (χ1) is 5.24. The topological polar surface area (TPSA) is 60.7 Å². The molecule has 0 aliphatic rings. The van der Waals surface area contributed by atoms with Crippen molar-refractivity contribution >= 4 is 0 Å². The summed E-state index contributed by atoms with van der Waals surface area (Å²) in [5.74, 6) is 0. The number of hydrogen-bond donors (Lipinski definition) is 3. The Kier molecular flexibility index (Phi) is 221. The third-order valence-corrected chi connectivity index (χ3v) is 0. The minimum Gasteiger partial charge on any atom is -0.521 e. The Balaban J connectivity index is -0.0000000179. The Morgan fingerprint density at radius 2 is 0.833 bits per heavy atom. The molecular weight excluding hydrogens is 284 g/mol. The summed E-state index contributed by atoms with van der Waals surface area (Å²) >= 11 is 0. The summed E-state index contributed by atoms with van der Waals surface area (Å²) in [7, 11) is 0. The van der Waals surface area contributed by atoms with Gasteiger partial charge in [0.2, 0.25) is 0 Å². The van der Waals surface area contributed by atoms with Crippen LogP contribution in [-0.2, 0) is 0 Å². The van der Waals surface area contributed by atoms with Gasteiger partial charge in [0.15, 0.2) is 0 Å². The Hall–Kier alpha value is 0.997. The molecule has 0 aliphatic heterocycles. The van der Waals surface area contributed by atoms with E-state index in [1.165, 1.54) is 0 Å². The maximum atomic E-state index is 7.57. The van der Waals surface area contributed by atoms with Gasteiger partial charge in [-0.3, -0.25) is 6.58 Å². The van der Waals surface area contributed by atoms with Gasteiger partial charge in [0.05, 0.1) is 0 Å². The van der Waals surface area contributed by atoms with E-state index in [0.717, 1.165) is 0 Å². The summed E-state index contributed by atoms with van der Waals surface area (Å²) in [6.45, 7) is 12.8. The average Bonchev–Trinajstić information content (AvgIpc) is 1.96. The van der Waals surface area contributed by atoms with E-state index in [2.05, 4.69) is 13.2 Å². The molecule has 12 heavy (non-hydrogen) atoms. The number of aliphatic hydroxyl groups excluding tert-OH is 3. The molecule has 0 aromatic carbocycles. The quantitative estimate of drug-likeness (QED) is 0.575. The molecule has 0 saturated heterocycles. The van der Waals surface area contributed by atoms with Crippen LogP contribution in [-0.4, -0.2) is 35.1 Å². The van der Waals surface area contributed by atoms with Crippen LogP contribution in [0.3, 0.4) is 0 Å². The van der Waals surface area contributed by atoms with E-state index in [-0.39, 0.29) is 61.6 Å². The van der Waals surface area contributed by atoms with E-state index < -0.39 is 0 Å². The second-order valence-electron chi connectivity index (χ2n) is 0.949. The monoisotopic (exact) mass is 305 g/mol. The standard InChI is InChI=1S/3C2H6O.C2H3.Ce/c3*1-2-3;1-2;/h3*3H,2H2,1H3;1H,2H2;/q;;;-1;. The second kappa shape index (κ2) is 90.8. The molecule has 0 fully saturated rings. The molecule has 3 nitrogen and oxygen atoms in total. The zero-order chi connectivity index (χ0) is 10.1. The van der Waals surface area contributed by atoms with E-state index in [4.69, 9.17) is 15.3 Å². The third kappa shape index (κ3) is 1110. The first-order valence-corrected chi connectivity index (χ1v) is 3.48. The van der Waals surface area contributed by atoms with Crippen molar-refractivity contribution in [3.63, 3.8) is 0 Å². The molecule has 4 heteroatoms. The Morgan fingerprint density at radius 1 is 0.833 bits per heavy atom. The minimum atomic E-state index is 0. The normalized spacial score (nSPS) is 4.83. The molecule has 0 atom stereocenters. The van der Waals surface area contributed by atoms with Crippen LogP contribution < -0.4 is 0 Å². The van der Waals surface area contributed by atoms with E-state index in [0.29, 0.717) is 0 Å². The van der Waals surface area contributed by atoms with Gasteiger partial charge < -0.3 is 21.9 Å². The largest absolute Gasteiger partial charge is 0.521 e. The van der Waals surface area contributed by atoms with Gasteiger partial charge in [-0.2, -0.15) is 0 Å². The van der Waals surface area contributed by atoms with Crippen molar-refractivity contribution in [2.75, 3.05) is 19.8 Å². The number of hydrogen-bond acceptors (Lipinski definition) is 3. The third-order valence-electron chi connectivity index (χ3n) is 0. The van der Waals surface area contributed by atoms with Crippen LogP contribution in [0.15, 0.2) is 6.58 Å². The molecule has 0 aromatic heterocycles. The predicted molar refractivity (Wildman–Crippen MR) is 48.2 cm³/mol.